The smallest absolute Gasteiger partial charge is 0.404 e. The van der Waals surface area contributed by atoms with Crippen LogP contribution in [0.25, 0.3) is 5.65 Å². The minimum Gasteiger partial charge on any atom is -0.444 e. The SMILES string of the molecule is CCNc1nc(Nc2cc(C#N)cc(N3C[C@H](C)[C@H](OC(N)=O)C3)c2Cl)nn2c(C#N)cnc12. The minimum absolute atomic E-state index is 0.0183. The van der Waals surface area contributed by atoms with Crippen LogP contribution in [-0.4, -0.2) is 51.4 Å². The van der Waals surface area contributed by atoms with Crippen molar-refractivity contribution < 1.29 is 9.53 Å². The summed E-state index contributed by atoms with van der Waals surface area (Å²) in [5.41, 5.74) is 7.20. The number of halogens is 1. The van der Waals surface area contributed by atoms with Gasteiger partial charge in [-0.2, -0.15) is 20.0 Å². The van der Waals surface area contributed by atoms with Crippen LogP contribution in [-0.2, 0) is 4.74 Å². The van der Waals surface area contributed by atoms with Crippen LogP contribution in [0.5, 0.6) is 0 Å². The number of nitrogens with one attached hydrogen (secondary N) is 2. The lowest BCUT2D eigenvalue weighted by molar-refractivity contribution is 0.0970. The van der Waals surface area contributed by atoms with E-state index in [9.17, 15) is 15.3 Å². The molecule has 2 atom stereocenters. The number of imidazole rings is 1. The summed E-state index contributed by atoms with van der Waals surface area (Å²) in [5.74, 6) is 0.615. The normalized spacial score (nSPS) is 17.3. The maximum Gasteiger partial charge on any atom is 0.404 e. The van der Waals surface area contributed by atoms with Crippen molar-refractivity contribution in [3.8, 4) is 12.1 Å². The van der Waals surface area contributed by atoms with Crippen LogP contribution < -0.4 is 21.3 Å². The topological polar surface area (TPSA) is 170 Å². The zero-order valence-corrected chi connectivity index (χ0v) is 19.2. The third kappa shape index (κ3) is 4.31. The van der Waals surface area contributed by atoms with Gasteiger partial charge in [0.25, 0.3) is 0 Å². The highest BCUT2D eigenvalue weighted by molar-refractivity contribution is 6.36. The zero-order chi connectivity index (χ0) is 24.4. The van der Waals surface area contributed by atoms with E-state index in [1.165, 1.54) is 10.7 Å². The predicted molar refractivity (Wildman–Crippen MR) is 125 cm³/mol. The molecule has 3 heterocycles. The summed E-state index contributed by atoms with van der Waals surface area (Å²) in [6.45, 7) is 5.37. The molecule has 0 spiro atoms. The van der Waals surface area contributed by atoms with Crippen molar-refractivity contribution in [1.82, 2.24) is 19.6 Å². The molecule has 174 valence electrons. The highest BCUT2D eigenvalue weighted by Gasteiger charge is 2.33. The number of rotatable bonds is 6. The van der Waals surface area contributed by atoms with Gasteiger partial charge in [0.2, 0.25) is 5.95 Å². The standard InChI is InChI=1S/C21H21ClN10O2/c1-3-26-18-19-27-8-13(7-24)32(19)30-21(29-18)28-14-4-12(6-23)5-15(17(14)22)31-9-11(2)16(10-31)34-20(25)33/h4-5,8,11,16H,3,9-10H2,1-2H3,(H2,25,33)(H2,26,28,29,30)/t11-,16+/m0/s1. The average Bonchev–Trinajstić information content (AvgIpc) is 3.38. The zero-order valence-electron chi connectivity index (χ0n) is 18.4. The number of nitriles is 2. The monoisotopic (exact) mass is 480 g/mol. The molecular weight excluding hydrogens is 460 g/mol. The second-order valence-electron chi connectivity index (χ2n) is 7.76. The Morgan fingerprint density at radius 1 is 1.35 bits per heavy atom. The summed E-state index contributed by atoms with van der Waals surface area (Å²) in [7, 11) is 0. The number of hydrogen-bond acceptors (Lipinski definition) is 10. The maximum absolute atomic E-state index is 11.2. The Balaban J connectivity index is 1.72. The van der Waals surface area contributed by atoms with Crippen molar-refractivity contribution in [2.45, 2.75) is 20.0 Å². The quantitative estimate of drug-likeness (QED) is 0.476. The molecule has 12 nitrogen and oxygen atoms in total. The summed E-state index contributed by atoms with van der Waals surface area (Å²) in [6.07, 6.45) is 0.183. The fourth-order valence-electron chi connectivity index (χ4n) is 3.85. The molecule has 34 heavy (non-hydrogen) atoms. The summed E-state index contributed by atoms with van der Waals surface area (Å²) in [4.78, 5) is 21.8. The summed E-state index contributed by atoms with van der Waals surface area (Å²) < 4.78 is 6.58. The van der Waals surface area contributed by atoms with Gasteiger partial charge in [-0.25, -0.2) is 9.78 Å². The fraction of sp³-hybridized carbons (Fsp3) is 0.333. The van der Waals surface area contributed by atoms with Gasteiger partial charge < -0.3 is 26.0 Å². The molecule has 2 aromatic heterocycles. The van der Waals surface area contributed by atoms with Crippen molar-refractivity contribution >= 4 is 46.5 Å². The predicted octanol–water partition coefficient (Wildman–Crippen LogP) is 2.62. The first-order valence-corrected chi connectivity index (χ1v) is 10.8. The number of primary amides is 1. The first kappa shape index (κ1) is 22.9. The van der Waals surface area contributed by atoms with Crippen LogP contribution in [0.15, 0.2) is 18.3 Å². The van der Waals surface area contributed by atoms with Gasteiger partial charge in [-0.1, -0.05) is 18.5 Å². The van der Waals surface area contributed by atoms with Crippen LogP contribution in [0, 0.1) is 28.6 Å². The maximum atomic E-state index is 11.2. The Morgan fingerprint density at radius 2 is 2.15 bits per heavy atom. The van der Waals surface area contributed by atoms with E-state index in [0.29, 0.717) is 53.1 Å². The third-order valence-corrected chi connectivity index (χ3v) is 5.80. The van der Waals surface area contributed by atoms with Crippen LogP contribution >= 0.6 is 11.6 Å². The molecule has 3 aromatic rings. The molecule has 1 aromatic carbocycles. The molecular formula is C21H21ClN10O2. The molecule has 1 amide bonds. The Hall–Kier alpha value is -4.29. The Kier molecular flexibility index (Phi) is 6.25. The summed E-state index contributed by atoms with van der Waals surface area (Å²) in [5, 5.41) is 29.8. The van der Waals surface area contributed by atoms with Gasteiger partial charge in [0.15, 0.2) is 17.2 Å². The molecule has 4 N–H and O–H groups in total. The van der Waals surface area contributed by atoms with Crippen LogP contribution in [0.2, 0.25) is 5.02 Å². The Labute approximate surface area is 199 Å². The number of nitrogens with two attached hydrogens (primary N) is 1. The third-order valence-electron chi connectivity index (χ3n) is 5.40. The number of fused-ring (bicyclic) bond motifs is 1. The summed E-state index contributed by atoms with van der Waals surface area (Å²) >= 11 is 6.74. The number of benzene rings is 1. The number of ether oxygens (including phenoxy) is 1. The lowest BCUT2D eigenvalue weighted by atomic mass is 10.1. The second kappa shape index (κ2) is 9.29. The van der Waals surface area contributed by atoms with Gasteiger partial charge in [0, 0.05) is 19.0 Å². The first-order valence-electron chi connectivity index (χ1n) is 10.5. The van der Waals surface area contributed by atoms with E-state index in [0.717, 1.165) is 0 Å². The summed E-state index contributed by atoms with van der Waals surface area (Å²) in [6, 6.07) is 7.43. The minimum atomic E-state index is -0.835. The largest absolute Gasteiger partial charge is 0.444 e. The van der Waals surface area contributed by atoms with Crippen LogP contribution in [0.4, 0.5) is 27.9 Å². The lowest BCUT2D eigenvalue weighted by Crippen LogP contribution is -2.28. The van der Waals surface area contributed by atoms with Gasteiger partial charge in [-0.3, -0.25) is 0 Å². The average molecular weight is 481 g/mol. The lowest BCUT2D eigenvalue weighted by Gasteiger charge is -2.22. The van der Waals surface area contributed by atoms with E-state index < -0.39 is 12.2 Å². The van der Waals surface area contributed by atoms with E-state index >= 15 is 0 Å². The number of anilines is 4. The van der Waals surface area contributed by atoms with E-state index in [4.69, 9.17) is 22.1 Å². The second-order valence-corrected chi connectivity index (χ2v) is 8.13. The van der Waals surface area contributed by atoms with Gasteiger partial charge in [-0.05, 0) is 19.1 Å². The van der Waals surface area contributed by atoms with Crippen LogP contribution in [0.1, 0.15) is 25.1 Å². The van der Waals surface area contributed by atoms with E-state index in [-0.39, 0.29) is 17.6 Å². The number of amides is 1. The van der Waals surface area contributed by atoms with E-state index in [2.05, 4.69) is 31.8 Å². The van der Waals surface area contributed by atoms with Crippen molar-refractivity contribution in [3.05, 3.63) is 34.6 Å². The van der Waals surface area contributed by atoms with Gasteiger partial charge in [-0.15, -0.1) is 5.10 Å². The molecule has 13 heteroatoms. The molecule has 0 aliphatic carbocycles. The molecule has 1 fully saturated rings. The Morgan fingerprint density at radius 3 is 2.82 bits per heavy atom. The molecule has 4 rings (SSSR count). The van der Waals surface area contributed by atoms with Gasteiger partial charge in [0.05, 0.1) is 40.8 Å². The van der Waals surface area contributed by atoms with Crippen molar-refractivity contribution in [3.63, 3.8) is 0 Å². The van der Waals surface area contributed by atoms with E-state index in [1.807, 2.05) is 24.8 Å². The Bertz CT molecular complexity index is 1340. The molecule has 1 aliphatic heterocycles. The van der Waals surface area contributed by atoms with E-state index in [1.54, 1.807) is 12.1 Å². The molecule has 0 unspecified atom stereocenters. The molecule has 0 bridgehead atoms. The fourth-order valence-corrected chi connectivity index (χ4v) is 4.12. The highest BCUT2D eigenvalue weighted by atomic mass is 35.5. The van der Waals surface area contributed by atoms with Gasteiger partial charge >= 0.3 is 6.09 Å². The number of aromatic nitrogens is 4. The van der Waals surface area contributed by atoms with Crippen LogP contribution in [0.3, 0.4) is 0 Å². The number of carbonyl (C=O) groups excluding carboxylic acids is 1. The number of carbonyl (C=O) groups is 1. The number of hydrogen-bond donors (Lipinski definition) is 3. The van der Waals surface area contributed by atoms with Crippen molar-refractivity contribution in [2.75, 3.05) is 35.2 Å². The molecule has 1 saturated heterocycles. The van der Waals surface area contributed by atoms with Crippen molar-refractivity contribution in [2.24, 2.45) is 11.7 Å². The number of nitrogens with zero attached hydrogens (tertiary/aromatic N) is 7. The molecule has 0 radical (unpaired) electrons. The highest BCUT2D eigenvalue weighted by Crippen LogP contribution is 2.38. The molecule has 1 aliphatic rings. The molecule has 0 saturated carbocycles. The van der Waals surface area contributed by atoms with Gasteiger partial charge in [0.1, 0.15) is 12.2 Å². The van der Waals surface area contributed by atoms with Crippen molar-refractivity contribution in [1.29, 1.82) is 10.5 Å². The first-order chi connectivity index (χ1) is 16.3.